The Bertz CT molecular complexity index is 1430. The minimum Gasteiger partial charge on any atom is -0.354 e. The Morgan fingerprint density at radius 1 is 1.27 bits per heavy atom. The number of aromatic nitrogens is 5. The molecule has 1 aliphatic rings. The molecule has 3 N–H and O–H groups in total. The maximum atomic E-state index is 13.4. The third kappa shape index (κ3) is 5.20. The van der Waals surface area contributed by atoms with Crippen LogP contribution in [0.25, 0.3) is 27.7 Å². The highest BCUT2D eigenvalue weighted by Crippen LogP contribution is 2.36. The van der Waals surface area contributed by atoms with Crippen LogP contribution in [0.5, 0.6) is 0 Å². The van der Waals surface area contributed by atoms with Crippen LogP contribution in [-0.4, -0.2) is 55.2 Å². The summed E-state index contributed by atoms with van der Waals surface area (Å²) in [6.45, 7) is 1.38. The Balaban J connectivity index is 1.34. The fourth-order valence-electron chi connectivity index (χ4n) is 4.45. The molecule has 13 heteroatoms. The molecule has 1 amide bonds. The van der Waals surface area contributed by atoms with Gasteiger partial charge in [0.25, 0.3) is 5.91 Å². The number of pyridine rings is 1. The van der Waals surface area contributed by atoms with E-state index in [2.05, 4.69) is 25.4 Å². The standard InChI is InChI=1S/C24H24F5N7O/c1-13(24(27,28)29)34-21(37)18-12-33-36-7-4-15(8-19(18)36)16-10-30-20-17(16)11-32-22(35-20)31-9-14-2-5-23(25,26)6-3-14/h4,7-8,10-14H,2-3,5-6,9H2,1H3,(H,34,37)(H2,30,31,32,35). The molecule has 1 unspecified atom stereocenters. The fraction of sp³-hybridized carbons (Fsp3) is 0.417. The van der Waals surface area contributed by atoms with Gasteiger partial charge >= 0.3 is 6.18 Å². The number of halogens is 5. The van der Waals surface area contributed by atoms with E-state index < -0.39 is 24.0 Å². The van der Waals surface area contributed by atoms with Gasteiger partial charge < -0.3 is 15.6 Å². The number of carbonyl (C=O) groups is 1. The second kappa shape index (κ2) is 9.27. The Hall–Kier alpha value is -3.77. The molecule has 0 aromatic carbocycles. The van der Waals surface area contributed by atoms with Crippen LogP contribution in [0.3, 0.4) is 0 Å². The lowest BCUT2D eigenvalue weighted by atomic mass is 9.87. The number of anilines is 1. The summed E-state index contributed by atoms with van der Waals surface area (Å²) >= 11 is 0. The molecule has 1 saturated carbocycles. The predicted molar refractivity (Wildman–Crippen MR) is 126 cm³/mol. The van der Waals surface area contributed by atoms with Crippen LogP contribution in [0.2, 0.25) is 0 Å². The summed E-state index contributed by atoms with van der Waals surface area (Å²) in [5, 5.41) is 9.85. The van der Waals surface area contributed by atoms with Crippen molar-refractivity contribution in [3.8, 4) is 11.1 Å². The van der Waals surface area contributed by atoms with Gasteiger partial charge in [-0.15, -0.1) is 0 Å². The van der Waals surface area contributed by atoms with E-state index in [0.717, 1.165) is 12.5 Å². The van der Waals surface area contributed by atoms with Gasteiger partial charge in [-0.1, -0.05) is 0 Å². The Labute approximate surface area is 207 Å². The molecule has 37 heavy (non-hydrogen) atoms. The number of hydrogen-bond acceptors (Lipinski definition) is 5. The fourth-order valence-corrected chi connectivity index (χ4v) is 4.45. The van der Waals surface area contributed by atoms with E-state index in [1.165, 1.54) is 10.7 Å². The molecule has 4 heterocycles. The molecule has 1 aliphatic carbocycles. The summed E-state index contributed by atoms with van der Waals surface area (Å²) in [5.41, 5.74) is 2.32. The lowest BCUT2D eigenvalue weighted by Gasteiger charge is -2.28. The Morgan fingerprint density at radius 2 is 2.03 bits per heavy atom. The van der Waals surface area contributed by atoms with Crippen LogP contribution in [0.4, 0.5) is 27.9 Å². The SMILES string of the molecule is CC(NC(=O)c1cnn2ccc(-c3c[nH]c4nc(NCC5CCC(F)(F)CC5)ncc34)cc12)C(F)(F)F. The van der Waals surface area contributed by atoms with E-state index in [9.17, 15) is 26.7 Å². The van der Waals surface area contributed by atoms with Crippen LogP contribution < -0.4 is 10.6 Å². The van der Waals surface area contributed by atoms with Gasteiger partial charge in [-0.2, -0.15) is 23.3 Å². The van der Waals surface area contributed by atoms with Crippen molar-refractivity contribution in [3.05, 3.63) is 42.5 Å². The summed E-state index contributed by atoms with van der Waals surface area (Å²) in [6.07, 6.45) is 2.30. The first-order valence-electron chi connectivity index (χ1n) is 11.8. The van der Waals surface area contributed by atoms with Crippen molar-refractivity contribution in [1.82, 2.24) is 29.9 Å². The maximum Gasteiger partial charge on any atom is 0.408 e. The maximum absolute atomic E-state index is 13.4. The summed E-state index contributed by atoms with van der Waals surface area (Å²) in [6, 6.07) is 1.41. The zero-order chi connectivity index (χ0) is 26.4. The van der Waals surface area contributed by atoms with Crippen LogP contribution in [0.1, 0.15) is 43.0 Å². The van der Waals surface area contributed by atoms with Gasteiger partial charge in [-0.25, -0.2) is 18.3 Å². The molecule has 5 rings (SSSR count). The van der Waals surface area contributed by atoms with Gasteiger partial charge in [0.1, 0.15) is 11.7 Å². The van der Waals surface area contributed by atoms with Crippen LogP contribution >= 0.6 is 0 Å². The van der Waals surface area contributed by atoms with Gasteiger partial charge in [0.15, 0.2) is 0 Å². The molecular weight excluding hydrogens is 497 g/mol. The summed E-state index contributed by atoms with van der Waals surface area (Å²) in [7, 11) is 0. The largest absolute Gasteiger partial charge is 0.408 e. The van der Waals surface area contributed by atoms with E-state index in [-0.39, 0.29) is 24.3 Å². The minimum absolute atomic E-state index is 0.0148. The third-order valence-electron chi connectivity index (χ3n) is 6.73. The van der Waals surface area contributed by atoms with Crippen LogP contribution in [0.15, 0.2) is 36.9 Å². The Morgan fingerprint density at radius 3 is 2.76 bits per heavy atom. The molecule has 0 spiro atoms. The van der Waals surface area contributed by atoms with Crippen LogP contribution in [0, 0.1) is 5.92 Å². The molecular formula is C24H24F5N7O. The molecule has 0 radical (unpaired) electrons. The van der Waals surface area contributed by atoms with Gasteiger partial charge in [-0.3, -0.25) is 4.79 Å². The number of H-pyrrole nitrogens is 1. The molecule has 4 aromatic rings. The number of hydrogen-bond donors (Lipinski definition) is 3. The molecule has 8 nitrogen and oxygen atoms in total. The Kier molecular flexibility index (Phi) is 6.24. The zero-order valence-electron chi connectivity index (χ0n) is 19.7. The quantitative estimate of drug-likeness (QED) is 0.303. The van der Waals surface area contributed by atoms with Gasteiger partial charge in [0, 0.05) is 48.9 Å². The third-order valence-corrected chi connectivity index (χ3v) is 6.73. The van der Waals surface area contributed by atoms with Crippen molar-refractivity contribution in [2.24, 2.45) is 5.92 Å². The monoisotopic (exact) mass is 521 g/mol. The second-order valence-corrected chi connectivity index (χ2v) is 9.38. The van der Waals surface area contributed by atoms with E-state index >= 15 is 0 Å². The average molecular weight is 521 g/mol. The highest BCUT2D eigenvalue weighted by atomic mass is 19.4. The lowest BCUT2D eigenvalue weighted by Crippen LogP contribution is -2.43. The highest BCUT2D eigenvalue weighted by molar-refractivity contribution is 6.02. The predicted octanol–water partition coefficient (Wildman–Crippen LogP) is 5.19. The first-order valence-corrected chi connectivity index (χ1v) is 11.8. The second-order valence-electron chi connectivity index (χ2n) is 9.38. The van der Waals surface area contributed by atoms with Gasteiger partial charge in [0.05, 0.1) is 17.3 Å². The number of alkyl halides is 5. The summed E-state index contributed by atoms with van der Waals surface area (Å²) < 4.78 is 66.8. The van der Waals surface area contributed by atoms with Crippen molar-refractivity contribution in [3.63, 3.8) is 0 Å². The molecule has 0 bridgehead atoms. The smallest absolute Gasteiger partial charge is 0.354 e. The molecule has 1 atom stereocenters. The molecule has 4 aromatic heterocycles. The van der Waals surface area contributed by atoms with Crippen molar-refractivity contribution >= 4 is 28.4 Å². The van der Waals surface area contributed by atoms with Crippen molar-refractivity contribution in [2.75, 3.05) is 11.9 Å². The molecule has 0 saturated heterocycles. The first kappa shape index (κ1) is 24.9. The van der Waals surface area contributed by atoms with E-state index in [0.29, 0.717) is 47.4 Å². The normalized spacial score (nSPS) is 17.2. The zero-order valence-corrected chi connectivity index (χ0v) is 19.7. The van der Waals surface area contributed by atoms with E-state index in [4.69, 9.17) is 0 Å². The first-order chi connectivity index (χ1) is 17.5. The van der Waals surface area contributed by atoms with Crippen molar-refractivity contribution in [1.29, 1.82) is 0 Å². The van der Waals surface area contributed by atoms with Crippen molar-refractivity contribution < 1.29 is 26.7 Å². The van der Waals surface area contributed by atoms with Gasteiger partial charge in [-0.05, 0) is 43.4 Å². The summed E-state index contributed by atoms with van der Waals surface area (Å²) in [5.74, 6) is -2.94. The number of carbonyl (C=O) groups excluding carboxylic acids is 1. The number of nitrogens with zero attached hydrogens (tertiary/aromatic N) is 4. The number of aromatic amines is 1. The number of rotatable bonds is 6. The van der Waals surface area contributed by atoms with E-state index in [1.807, 2.05) is 5.32 Å². The van der Waals surface area contributed by atoms with Crippen molar-refractivity contribution in [2.45, 2.75) is 50.7 Å². The van der Waals surface area contributed by atoms with Crippen LogP contribution in [-0.2, 0) is 0 Å². The minimum atomic E-state index is -4.56. The summed E-state index contributed by atoms with van der Waals surface area (Å²) in [4.78, 5) is 24.4. The highest BCUT2D eigenvalue weighted by Gasteiger charge is 2.37. The lowest BCUT2D eigenvalue weighted by molar-refractivity contribution is -0.149. The molecule has 196 valence electrons. The number of nitrogens with one attached hydrogen (secondary N) is 3. The number of fused-ring (bicyclic) bond motifs is 2. The average Bonchev–Trinajstić information content (AvgIpc) is 3.46. The topological polar surface area (TPSA) is 100 Å². The van der Waals surface area contributed by atoms with Gasteiger partial charge in [0.2, 0.25) is 11.9 Å². The molecule has 1 fully saturated rings. The molecule has 0 aliphatic heterocycles. The van der Waals surface area contributed by atoms with E-state index in [1.54, 1.807) is 30.7 Å². The number of amides is 1.